The van der Waals surface area contributed by atoms with Gasteiger partial charge in [0.1, 0.15) is 11.4 Å². The third kappa shape index (κ3) is 1.99. The van der Waals surface area contributed by atoms with Crippen LogP contribution in [-0.2, 0) is 10.3 Å². The Balaban J connectivity index is 3.22. The number of carboxylic acids is 1. The van der Waals surface area contributed by atoms with E-state index >= 15 is 0 Å². The van der Waals surface area contributed by atoms with Crippen molar-refractivity contribution in [2.24, 2.45) is 0 Å². The van der Waals surface area contributed by atoms with Crippen molar-refractivity contribution in [3.05, 3.63) is 35.6 Å². The maximum Gasteiger partial charge on any atom is 0.328 e. The van der Waals surface area contributed by atoms with E-state index in [1.807, 2.05) is 0 Å². The van der Waals surface area contributed by atoms with Crippen LogP contribution >= 0.6 is 0 Å². The zero-order chi connectivity index (χ0) is 11.6. The lowest BCUT2D eigenvalue weighted by atomic mass is 9.91. The molecule has 1 aromatic carbocycles. The normalized spacial score (nSPS) is 15.0. The van der Waals surface area contributed by atoms with Crippen LogP contribution in [-0.4, -0.2) is 30.1 Å². The summed E-state index contributed by atoms with van der Waals surface area (Å²) < 4.78 is 12.7. The topological polar surface area (TPSA) is 40.5 Å². The Morgan fingerprint density at radius 2 is 1.80 bits per heavy atom. The molecule has 0 radical (unpaired) electrons. The van der Waals surface area contributed by atoms with Gasteiger partial charge >= 0.3 is 5.97 Å². The first-order valence-electron chi connectivity index (χ1n) is 4.56. The maximum absolute atomic E-state index is 12.7. The fourth-order valence-corrected chi connectivity index (χ4v) is 1.35. The molecular formula is C11H14FNO2. The Morgan fingerprint density at radius 3 is 2.13 bits per heavy atom. The average molecular weight is 211 g/mol. The highest BCUT2D eigenvalue weighted by atomic mass is 19.1. The van der Waals surface area contributed by atoms with E-state index < -0.39 is 11.5 Å². The molecule has 0 aromatic heterocycles. The number of carboxylic acid groups (broad SMARTS) is 1. The van der Waals surface area contributed by atoms with Gasteiger partial charge in [-0.15, -0.1) is 0 Å². The lowest BCUT2D eigenvalue weighted by Crippen LogP contribution is -2.45. The second-order valence-electron chi connectivity index (χ2n) is 3.78. The van der Waals surface area contributed by atoms with E-state index in [0.717, 1.165) is 0 Å². The van der Waals surface area contributed by atoms with Crippen LogP contribution in [0.25, 0.3) is 0 Å². The summed E-state index contributed by atoms with van der Waals surface area (Å²) >= 11 is 0. The molecule has 0 unspecified atom stereocenters. The standard InChI is InChI=1S/C11H14FNO2/c1-11(10(14)15,13(2)3)8-4-6-9(12)7-5-8/h4-7H,1-3H3,(H,14,15)/t11-/m0/s1. The number of hydrogen-bond acceptors (Lipinski definition) is 2. The Kier molecular flexibility index (Phi) is 3.09. The highest BCUT2D eigenvalue weighted by Crippen LogP contribution is 2.26. The van der Waals surface area contributed by atoms with Gasteiger partial charge in [-0.25, -0.2) is 9.18 Å². The number of likely N-dealkylation sites (N-methyl/N-ethyl adjacent to an activating group) is 1. The lowest BCUT2D eigenvalue weighted by molar-refractivity contribution is -0.149. The molecule has 0 aliphatic carbocycles. The quantitative estimate of drug-likeness (QED) is 0.827. The number of benzene rings is 1. The zero-order valence-corrected chi connectivity index (χ0v) is 8.99. The lowest BCUT2D eigenvalue weighted by Gasteiger charge is -2.32. The summed E-state index contributed by atoms with van der Waals surface area (Å²) in [5.41, 5.74) is -0.574. The number of aliphatic carboxylic acids is 1. The van der Waals surface area contributed by atoms with Crippen molar-refractivity contribution >= 4 is 5.97 Å². The summed E-state index contributed by atoms with van der Waals surface area (Å²) in [4.78, 5) is 12.8. The first-order chi connectivity index (χ1) is 6.89. The largest absolute Gasteiger partial charge is 0.480 e. The third-order valence-corrected chi connectivity index (χ3v) is 2.72. The van der Waals surface area contributed by atoms with Gasteiger partial charge in [0, 0.05) is 0 Å². The number of hydrogen-bond donors (Lipinski definition) is 1. The van der Waals surface area contributed by atoms with Gasteiger partial charge in [-0.3, -0.25) is 4.90 Å². The van der Waals surface area contributed by atoms with E-state index in [-0.39, 0.29) is 5.82 Å². The maximum atomic E-state index is 12.7. The van der Waals surface area contributed by atoms with Crippen molar-refractivity contribution < 1.29 is 14.3 Å². The molecule has 15 heavy (non-hydrogen) atoms. The summed E-state index contributed by atoms with van der Waals surface area (Å²) in [6.45, 7) is 1.59. The molecule has 0 bridgehead atoms. The van der Waals surface area contributed by atoms with Gasteiger partial charge in [0.05, 0.1) is 0 Å². The molecule has 1 aromatic rings. The first-order valence-corrected chi connectivity index (χ1v) is 4.56. The molecular weight excluding hydrogens is 197 g/mol. The highest BCUT2D eigenvalue weighted by Gasteiger charge is 2.37. The van der Waals surface area contributed by atoms with Crippen LogP contribution in [0.2, 0.25) is 0 Å². The van der Waals surface area contributed by atoms with E-state index in [0.29, 0.717) is 5.56 Å². The number of rotatable bonds is 3. The van der Waals surface area contributed by atoms with Crippen LogP contribution in [0.15, 0.2) is 24.3 Å². The minimum Gasteiger partial charge on any atom is -0.480 e. The van der Waals surface area contributed by atoms with Crippen LogP contribution in [0.1, 0.15) is 12.5 Å². The number of nitrogens with zero attached hydrogens (tertiary/aromatic N) is 1. The molecule has 4 heteroatoms. The summed E-state index contributed by atoms with van der Waals surface area (Å²) in [6.07, 6.45) is 0. The van der Waals surface area contributed by atoms with E-state index in [1.165, 1.54) is 24.3 Å². The van der Waals surface area contributed by atoms with Crippen molar-refractivity contribution in [1.82, 2.24) is 4.90 Å². The first kappa shape index (κ1) is 11.7. The van der Waals surface area contributed by atoms with Crippen molar-refractivity contribution in [2.75, 3.05) is 14.1 Å². The minimum absolute atomic E-state index is 0.370. The van der Waals surface area contributed by atoms with Gasteiger partial charge in [-0.2, -0.15) is 0 Å². The molecule has 1 N–H and O–H groups in total. The predicted octanol–water partition coefficient (Wildman–Crippen LogP) is 1.69. The van der Waals surface area contributed by atoms with Crippen molar-refractivity contribution in [2.45, 2.75) is 12.5 Å². The molecule has 0 saturated heterocycles. The fraction of sp³-hybridized carbons (Fsp3) is 0.364. The van der Waals surface area contributed by atoms with E-state index in [4.69, 9.17) is 0 Å². The molecule has 82 valence electrons. The third-order valence-electron chi connectivity index (χ3n) is 2.72. The highest BCUT2D eigenvalue weighted by molar-refractivity contribution is 5.80. The number of carbonyl (C=O) groups is 1. The van der Waals surface area contributed by atoms with Gasteiger partial charge in [0.15, 0.2) is 0 Å². The molecule has 1 atom stereocenters. The predicted molar refractivity (Wildman–Crippen MR) is 55.1 cm³/mol. The van der Waals surface area contributed by atoms with Gasteiger partial charge in [-0.05, 0) is 38.7 Å². The second kappa shape index (κ2) is 3.98. The summed E-state index contributed by atoms with van der Waals surface area (Å²) in [5.74, 6) is -1.33. The van der Waals surface area contributed by atoms with Gasteiger partial charge < -0.3 is 5.11 Å². The van der Waals surface area contributed by atoms with Crippen LogP contribution in [0, 0.1) is 5.82 Å². The molecule has 0 aliphatic rings. The molecule has 0 spiro atoms. The molecule has 0 fully saturated rings. The molecule has 0 heterocycles. The summed E-state index contributed by atoms with van der Waals surface area (Å²) in [6, 6.07) is 5.51. The second-order valence-corrected chi connectivity index (χ2v) is 3.78. The summed E-state index contributed by atoms with van der Waals surface area (Å²) in [5, 5.41) is 9.19. The SMILES string of the molecule is CN(C)[C@](C)(C(=O)O)c1ccc(F)cc1. The Labute approximate surface area is 88.1 Å². The molecule has 0 aliphatic heterocycles. The van der Waals surface area contributed by atoms with Crippen LogP contribution in [0.4, 0.5) is 4.39 Å². The molecule has 3 nitrogen and oxygen atoms in total. The Hall–Kier alpha value is -1.42. The monoisotopic (exact) mass is 211 g/mol. The number of halogens is 1. The van der Waals surface area contributed by atoms with Crippen molar-refractivity contribution in [1.29, 1.82) is 0 Å². The zero-order valence-electron chi connectivity index (χ0n) is 8.99. The van der Waals surface area contributed by atoms with Crippen LogP contribution in [0.3, 0.4) is 0 Å². The summed E-state index contributed by atoms with van der Waals surface area (Å²) in [7, 11) is 3.36. The smallest absolute Gasteiger partial charge is 0.328 e. The molecule has 1 rings (SSSR count). The average Bonchev–Trinajstić information content (AvgIpc) is 2.17. The minimum atomic E-state index is -1.13. The Bertz CT molecular complexity index is 361. The van der Waals surface area contributed by atoms with Crippen LogP contribution < -0.4 is 0 Å². The van der Waals surface area contributed by atoms with Crippen LogP contribution in [0.5, 0.6) is 0 Å². The van der Waals surface area contributed by atoms with E-state index in [1.54, 1.807) is 25.9 Å². The molecule has 0 saturated carbocycles. The molecule has 0 amide bonds. The Morgan fingerprint density at radius 1 is 1.33 bits per heavy atom. The van der Waals surface area contributed by atoms with E-state index in [9.17, 15) is 14.3 Å². The van der Waals surface area contributed by atoms with Gasteiger partial charge in [0.2, 0.25) is 0 Å². The fourth-order valence-electron chi connectivity index (χ4n) is 1.35. The van der Waals surface area contributed by atoms with Gasteiger partial charge in [-0.1, -0.05) is 12.1 Å². The van der Waals surface area contributed by atoms with Crippen molar-refractivity contribution in [3.63, 3.8) is 0 Å². The van der Waals surface area contributed by atoms with Crippen molar-refractivity contribution in [3.8, 4) is 0 Å². The van der Waals surface area contributed by atoms with E-state index in [2.05, 4.69) is 0 Å². The van der Waals surface area contributed by atoms with Gasteiger partial charge in [0.25, 0.3) is 0 Å².